The number of hydrogen-bond donors (Lipinski definition) is 0. The number of fused-ring (bicyclic) bond motifs is 6. The van der Waals surface area contributed by atoms with Gasteiger partial charge in [0.15, 0.2) is 23.3 Å². The van der Waals surface area contributed by atoms with Gasteiger partial charge in [0.25, 0.3) is 0 Å². The number of para-hydroxylation sites is 4. The molecular formula is C60H36F6N4. The van der Waals surface area contributed by atoms with Crippen molar-refractivity contribution in [1.82, 2.24) is 9.13 Å². The number of nitrogens with zero attached hydrogens (tertiary/aromatic N) is 4. The predicted molar refractivity (Wildman–Crippen MR) is 270 cm³/mol. The highest BCUT2D eigenvalue weighted by molar-refractivity contribution is 6.12. The van der Waals surface area contributed by atoms with Crippen molar-refractivity contribution in [2.45, 2.75) is 0 Å². The molecule has 0 aliphatic carbocycles. The van der Waals surface area contributed by atoms with Gasteiger partial charge in [0.1, 0.15) is 17.3 Å². The van der Waals surface area contributed by atoms with Gasteiger partial charge in [0.05, 0.1) is 27.6 Å². The summed E-state index contributed by atoms with van der Waals surface area (Å²) in [7, 11) is 0. The summed E-state index contributed by atoms with van der Waals surface area (Å²) in [6.07, 6.45) is 0. The summed E-state index contributed by atoms with van der Waals surface area (Å²) in [5, 5.41) is 3.49. The lowest BCUT2D eigenvalue weighted by Crippen LogP contribution is -2.16. The topological polar surface area (TPSA) is 16.3 Å². The van der Waals surface area contributed by atoms with Gasteiger partial charge in [-0.1, -0.05) is 84.9 Å². The number of aromatic nitrogens is 2. The second kappa shape index (κ2) is 16.9. The summed E-state index contributed by atoms with van der Waals surface area (Å²) in [5.41, 5.74) is 5.46. The van der Waals surface area contributed by atoms with E-state index in [9.17, 15) is 8.78 Å². The SMILES string of the molecule is Fc1ccc(N(c2ccc(-c3c(F)c(F)c(N(c4ccc(F)cc4)c4ccc5c(c4)c4ccccc4n5-c4ccccc4)c(F)c3F)cc2)c2ccc3c(c2)c2ccccc2n3-c2ccccc2)cc1. The lowest BCUT2D eigenvalue weighted by Gasteiger charge is -2.27. The Hall–Kier alpha value is -9.02. The van der Waals surface area contributed by atoms with Crippen LogP contribution >= 0.6 is 0 Å². The van der Waals surface area contributed by atoms with Gasteiger partial charge >= 0.3 is 0 Å². The molecule has 0 bridgehead atoms. The van der Waals surface area contributed by atoms with Crippen LogP contribution in [0.4, 0.5) is 60.5 Å². The van der Waals surface area contributed by atoms with Crippen molar-refractivity contribution in [2.24, 2.45) is 0 Å². The van der Waals surface area contributed by atoms with E-state index >= 15 is 17.6 Å². The standard InChI is InChI=1S/C60H36F6N4/c61-38-21-27-43(28-22-38)67(45-31-33-53-49(35-45)47-15-7-9-17-51(47)69(53)40-11-3-1-4-12-40)42-25-19-37(20-26-42)55-56(63)58(65)60(59(66)57(55)64)68(44-29-23-39(62)24-30-44)46-32-34-54-50(36-46)48-16-8-10-18-52(48)70(54)41-13-5-2-6-14-41/h1-36H. The fourth-order valence-electron chi connectivity index (χ4n) is 9.79. The maximum Gasteiger partial charge on any atom is 0.186 e. The second-order valence-corrected chi connectivity index (χ2v) is 16.9. The number of halogens is 6. The van der Waals surface area contributed by atoms with Crippen molar-refractivity contribution in [3.8, 4) is 22.5 Å². The summed E-state index contributed by atoms with van der Waals surface area (Å²) in [4.78, 5) is 2.93. The average molecular weight is 927 g/mol. The van der Waals surface area contributed by atoms with Gasteiger partial charge in [-0.25, -0.2) is 26.3 Å². The molecule has 0 aliphatic heterocycles. The Balaban J connectivity index is 0.970. The highest BCUT2D eigenvalue weighted by Gasteiger charge is 2.32. The molecule has 0 atom stereocenters. The first kappa shape index (κ1) is 42.3. The zero-order valence-electron chi connectivity index (χ0n) is 36.8. The molecule has 70 heavy (non-hydrogen) atoms. The van der Waals surface area contributed by atoms with Crippen LogP contribution < -0.4 is 9.80 Å². The van der Waals surface area contributed by atoms with E-state index in [1.807, 2.05) is 126 Å². The Morgan fingerprint density at radius 3 is 1.10 bits per heavy atom. The molecule has 338 valence electrons. The van der Waals surface area contributed by atoms with Crippen LogP contribution in [-0.4, -0.2) is 9.13 Å². The van der Waals surface area contributed by atoms with E-state index in [1.165, 1.54) is 36.4 Å². The number of anilines is 6. The molecule has 2 aromatic heterocycles. The maximum absolute atomic E-state index is 17.0. The molecule has 2 heterocycles. The largest absolute Gasteiger partial charge is 0.310 e. The molecule has 0 N–H and O–H groups in total. The van der Waals surface area contributed by atoms with E-state index in [0.717, 1.165) is 66.6 Å². The Labute approximate surface area is 397 Å². The molecule has 0 fully saturated rings. The summed E-state index contributed by atoms with van der Waals surface area (Å²) in [5.74, 6) is -7.59. The van der Waals surface area contributed by atoms with E-state index < -0.39 is 46.2 Å². The molecule has 0 spiro atoms. The first-order valence-electron chi connectivity index (χ1n) is 22.5. The maximum atomic E-state index is 17.0. The van der Waals surface area contributed by atoms with Gasteiger partial charge in [0, 0.05) is 61.4 Å². The lowest BCUT2D eigenvalue weighted by molar-refractivity contribution is 0.461. The van der Waals surface area contributed by atoms with Crippen LogP contribution in [0.2, 0.25) is 0 Å². The zero-order valence-corrected chi connectivity index (χ0v) is 36.8. The summed E-state index contributed by atoms with van der Waals surface area (Å²) < 4.78 is 101. The van der Waals surface area contributed by atoms with E-state index in [4.69, 9.17) is 0 Å². The number of benzene rings is 10. The van der Waals surface area contributed by atoms with Gasteiger partial charge in [-0.2, -0.15) is 0 Å². The number of rotatable bonds is 9. The van der Waals surface area contributed by atoms with E-state index in [1.54, 1.807) is 42.5 Å². The minimum Gasteiger partial charge on any atom is -0.310 e. The Bertz CT molecular complexity index is 3920. The molecule has 12 rings (SSSR count). The van der Waals surface area contributed by atoms with E-state index in [2.05, 4.69) is 15.2 Å². The van der Waals surface area contributed by atoms with Crippen LogP contribution in [0.5, 0.6) is 0 Å². The van der Waals surface area contributed by atoms with Crippen LogP contribution in [-0.2, 0) is 0 Å². The lowest BCUT2D eigenvalue weighted by atomic mass is 10.0. The Kier molecular flexibility index (Phi) is 10.2. The fourth-order valence-corrected chi connectivity index (χ4v) is 9.79. The molecule has 0 saturated carbocycles. The van der Waals surface area contributed by atoms with Gasteiger partial charge in [0.2, 0.25) is 0 Å². The summed E-state index contributed by atoms with van der Waals surface area (Å²) >= 11 is 0. The number of hydrogen-bond acceptors (Lipinski definition) is 2. The third-order valence-corrected chi connectivity index (χ3v) is 12.9. The molecule has 10 aromatic carbocycles. The fraction of sp³-hybridized carbons (Fsp3) is 0. The molecule has 12 aromatic rings. The van der Waals surface area contributed by atoms with Crippen molar-refractivity contribution >= 4 is 77.7 Å². The summed E-state index contributed by atoms with van der Waals surface area (Å²) in [6.45, 7) is 0. The monoisotopic (exact) mass is 926 g/mol. The van der Waals surface area contributed by atoms with Crippen LogP contribution in [0, 0.1) is 34.9 Å². The van der Waals surface area contributed by atoms with E-state index in [0.29, 0.717) is 22.4 Å². The molecule has 0 amide bonds. The molecule has 0 aliphatic rings. The van der Waals surface area contributed by atoms with Crippen molar-refractivity contribution in [3.05, 3.63) is 253 Å². The Morgan fingerprint density at radius 1 is 0.286 bits per heavy atom. The van der Waals surface area contributed by atoms with Crippen LogP contribution in [0.25, 0.3) is 66.1 Å². The van der Waals surface area contributed by atoms with Crippen LogP contribution in [0.15, 0.2) is 218 Å². The highest BCUT2D eigenvalue weighted by Crippen LogP contribution is 2.46. The highest BCUT2D eigenvalue weighted by atomic mass is 19.2. The van der Waals surface area contributed by atoms with Gasteiger partial charge in [-0.3, -0.25) is 0 Å². The van der Waals surface area contributed by atoms with Crippen molar-refractivity contribution in [3.63, 3.8) is 0 Å². The smallest absolute Gasteiger partial charge is 0.186 e. The average Bonchev–Trinajstić information content (AvgIpc) is 3.91. The van der Waals surface area contributed by atoms with Crippen molar-refractivity contribution in [2.75, 3.05) is 9.80 Å². The van der Waals surface area contributed by atoms with Crippen molar-refractivity contribution < 1.29 is 26.3 Å². The van der Waals surface area contributed by atoms with Gasteiger partial charge in [-0.15, -0.1) is 0 Å². The summed E-state index contributed by atoms with van der Waals surface area (Å²) in [6, 6.07) is 63.2. The van der Waals surface area contributed by atoms with Gasteiger partial charge in [-0.05, 0) is 139 Å². The van der Waals surface area contributed by atoms with Gasteiger partial charge < -0.3 is 18.9 Å². The second-order valence-electron chi connectivity index (χ2n) is 16.9. The molecule has 10 heteroatoms. The Morgan fingerprint density at radius 2 is 0.643 bits per heavy atom. The quantitative estimate of drug-likeness (QED) is 0.106. The van der Waals surface area contributed by atoms with Crippen LogP contribution in [0.1, 0.15) is 0 Å². The first-order valence-corrected chi connectivity index (χ1v) is 22.5. The molecule has 0 unspecified atom stereocenters. The molecule has 0 saturated heterocycles. The molecule has 0 radical (unpaired) electrons. The van der Waals surface area contributed by atoms with Crippen molar-refractivity contribution in [1.29, 1.82) is 0 Å². The third-order valence-electron chi connectivity index (χ3n) is 12.9. The zero-order chi connectivity index (χ0) is 47.6. The molecular weight excluding hydrogens is 891 g/mol. The van der Waals surface area contributed by atoms with E-state index in [-0.39, 0.29) is 16.9 Å². The first-order chi connectivity index (χ1) is 34.2. The minimum absolute atomic E-state index is 0.0601. The third kappa shape index (κ3) is 6.94. The predicted octanol–water partition coefficient (Wildman–Crippen LogP) is 17.3. The molecule has 4 nitrogen and oxygen atoms in total. The van der Waals surface area contributed by atoms with Crippen LogP contribution in [0.3, 0.4) is 0 Å². The normalized spacial score (nSPS) is 11.6. The minimum atomic E-state index is -1.65.